The van der Waals surface area contributed by atoms with E-state index in [2.05, 4.69) is 20.8 Å². The fraction of sp³-hybridized carbons (Fsp3) is 0.190. The Bertz CT molecular complexity index is 1060. The van der Waals surface area contributed by atoms with Crippen molar-refractivity contribution in [3.63, 3.8) is 0 Å². The number of rotatable bonds is 7. The van der Waals surface area contributed by atoms with Gasteiger partial charge in [-0.1, -0.05) is 18.2 Å². The van der Waals surface area contributed by atoms with Crippen LogP contribution in [0.25, 0.3) is 0 Å². The fourth-order valence-corrected chi connectivity index (χ4v) is 3.31. The highest BCUT2D eigenvalue weighted by molar-refractivity contribution is 7.13. The summed E-state index contributed by atoms with van der Waals surface area (Å²) < 4.78 is 38.4. The van der Waals surface area contributed by atoms with Crippen molar-refractivity contribution < 1.29 is 18.0 Å². The Balaban J connectivity index is 1.53. The second kappa shape index (κ2) is 9.61. The Hall–Kier alpha value is -3.40. The number of benzene rings is 2. The molecule has 3 rings (SSSR count). The lowest BCUT2D eigenvalue weighted by Gasteiger charge is -2.11. The van der Waals surface area contributed by atoms with Crippen LogP contribution in [0.4, 0.5) is 29.7 Å². The summed E-state index contributed by atoms with van der Waals surface area (Å²) in [7, 11) is 3.89. The molecule has 0 unspecified atom stereocenters. The van der Waals surface area contributed by atoms with Gasteiger partial charge < -0.3 is 10.2 Å². The zero-order valence-corrected chi connectivity index (χ0v) is 17.6. The number of carbonyl (C=O) groups excluding carboxylic acids is 1. The lowest BCUT2D eigenvalue weighted by molar-refractivity contribution is -0.137. The van der Waals surface area contributed by atoms with Crippen molar-refractivity contribution in [3.8, 4) is 0 Å². The number of alkyl halides is 3. The summed E-state index contributed by atoms with van der Waals surface area (Å²) >= 11 is 1.20. The van der Waals surface area contributed by atoms with E-state index in [-0.39, 0.29) is 18.0 Å². The number of aromatic nitrogens is 1. The van der Waals surface area contributed by atoms with Gasteiger partial charge in [0.2, 0.25) is 5.91 Å². The molecule has 0 saturated heterocycles. The van der Waals surface area contributed by atoms with E-state index in [1.807, 2.05) is 43.3 Å². The average Bonchev–Trinajstić information content (AvgIpc) is 3.14. The van der Waals surface area contributed by atoms with Crippen LogP contribution in [0.2, 0.25) is 0 Å². The lowest BCUT2D eigenvalue weighted by atomic mass is 10.2. The van der Waals surface area contributed by atoms with Crippen LogP contribution < -0.4 is 15.6 Å². The molecule has 31 heavy (non-hydrogen) atoms. The molecule has 162 valence electrons. The van der Waals surface area contributed by atoms with Crippen LogP contribution in [0.3, 0.4) is 0 Å². The van der Waals surface area contributed by atoms with Gasteiger partial charge in [0.05, 0.1) is 23.9 Å². The summed E-state index contributed by atoms with van der Waals surface area (Å²) in [5.74, 6) is -0.350. The molecule has 0 aliphatic carbocycles. The van der Waals surface area contributed by atoms with Gasteiger partial charge in [-0.3, -0.25) is 4.79 Å². The van der Waals surface area contributed by atoms with E-state index in [0.29, 0.717) is 10.8 Å². The van der Waals surface area contributed by atoms with Crippen LogP contribution in [0.15, 0.2) is 59.0 Å². The van der Waals surface area contributed by atoms with Crippen LogP contribution in [0.5, 0.6) is 0 Å². The van der Waals surface area contributed by atoms with Crippen LogP contribution in [-0.2, 0) is 17.4 Å². The third-order valence-corrected chi connectivity index (χ3v) is 4.95. The van der Waals surface area contributed by atoms with E-state index in [9.17, 15) is 18.0 Å². The number of nitrogens with zero attached hydrogens (tertiary/aromatic N) is 3. The van der Waals surface area contributed by atoms with Gasteiger partial charge in [0, 0.05) is 30.9 Å². The average molecular weight is 447 g/mol. The van der Waals surface area contributed by atoms with Gasteiger partial charge in [-0.25, -0.2) is 10.4 Å². The minimum Gasteiger partial charge on any atom is -0.378 e. The summed E-state index contributed by atoms with van der Waals surface area (Å²) in [6.45, 7) is 0. The fourth-order valence-electron chi connectivity index (χ4n) is 2.58. The van der Waals surface area contributed by atoms with Crippen LogP contribution in [0.1, 0.15) is 16.8 Å². The maximum absolute atomic E-state index is 12.8. The van der Waals surface area contributed by atoms with Crippen molar-refractivity contribution >= 4 is 40.0 Å². The molecule has 6 nitrogen and oxygen atoms in total. The molecule has 0 fully saturated rings. The molecule has 1 heterocycles. The molecule has 0 aliphatic heterocycles. The van der Waals surface area contributed by atoms with Crippen molar-refractivity contribution in [1.82, 2.24) is 10.4 Å². The number of hydrazone groups is 1. The number of nitrogens with one attached hydrogen (secondary N) is 2. The van der Waals surface area contributed by atoms with E-state index < -0.39 is 11.7 Å². The van der Waals surface area contributed by atoms with Crippen molar-refractivity contribution in [2.75, 3.05) is 24.3 Å². The van der Waals surface area contributed by atoms with E-state index >= 15 is 0 Å². The second-order valence-electron chi connectivity index (χ2n) is 6.80. The first kappa shape index (κ1) is 22.3. The number of carbonyl (C=O) groups is 1. The summed E-state index contributed by atoms with van der Waals surface area (Å²) in [5, 5.41) is 8.83. The summed E-state index contributed by atoms with van der Waals surface area (Å²) in [6, 6.07) is 12.5. The molecule has 1 aromatic heterocycles. The first-order valence-electron chi connectivity index (χ1n) is 9.19. The third kappa shape index (κ3) is 6.54. The van der Waals surface area contributed by atoms with Gasteiger partial charge in [-0.15, -0.1) is 11.3 Å². The van der Waals surface area contributed by atoms with Gasteiger partial charge in [0.15, 0.2) is 5.13 Å². The number of halogens is 3. The van der Waals surface area contributed by atoms with Crippen LogP contribution >= 0.6 is 11.3 Å². The van der Waals surface area contributed by atoms with Crippen molar-refractivity contribution in [1.29, 1.82) is 0 Å². The number of hydrogen-bond donors (Lipinski definition) is 2. The monoisotopic (exact) mass is 447 g/mol. The minimum atomic E-state index is -4.42. The van der Waals surface area contributed by atoms with Gasteiger partial charge in [0.25, 0.3) is 0 Å². The smallest absolute Gasteiger partial charge is 0.378 e. The van der Waals surface area contributed by atoms with Crippen LogP contribution in [-0.4, -0.2) is 31.2 Å². The summed E-state index contributed by atoms with van der Waals surface area (Å²) in [5.41, 5.74) is 4.34. The number of anilines is 3. The van der Waals surface area contributed by atoms with E-state index in [4.69, 9.17) is 0 Å². The molecular formula is C21H20F3N5OS. The molecule has 3 aromatic rings. The topological polar surface area (TPSA) is 69.6 Å². The molecular weight excluding hydrogens is 427 g/mol. The first-order valence-corrected chi connectivity index (χ1v) is 10.1. The molecule has 0 saturated carbocycles. The highest BCUT2D eigenvalue weighted by atomic mass is 32.1. The predicted octanol–water partition coefficient (Wildman–Crippen LogP) is 4.66. The van der Waals surface area contributed by atoms with Gasteiger partial charge in [0.1, 0.15) is 0 Å². The van der Waals surface area contributed by atoms with E-state index in [1.165, 1.54) is 23.5 Å². The van der Waals surface area contributed by atoms with Gasteiger partial charge in [-0.05, 0) is 35.9 Å². The molecule has 10 heteroatoms. The normalized spacial score (nSPS) is 11.5. The maximum Gasteiger partial charge on any atom is 0.416 e. The SMILES string of the molecule is CN(C)c1ccc(/C=N\NC(=O)Cc2csc(Nc3cccc(C(F)(F)F)c3)n2)cc1. The third-order valence-electron chi connectivity index (χ3n) is 4.15. The Morgan fingerprint density at radius 3 is 2.61 bits per heavy atom. The summed E-state index contributed by atoms with van der Waals surface area (Å²) in [4.78, 5) is 18.3. The molecule has 0 atom stereocenters. The van der Waals surface area contributed by atoms with E-state index in [1.54, 1.807) is 11.6 Å². The Labute approximate surface area is 181 Å². The van der Waals surface area contributed by atoms with Crippen molar-refractivity contribution in [3.05, 3.63) is 70.7 Å². The Kier molecular flexibility index (Phi) is 6.91. The molecule has 2 aromatic carbocycles. The second-order valence-corrected chi connectivity index (χ2v) is 7.66. The maximum atomic E-state index is 12.8. The summed E-state index contributed by atoms with van der Waals surface area (Å²) in [6.07, 6.45) is -2.88. The molecule has 1 amide bonds. The highest BCUT2D eigenvalue weighted by Gasteiger charge is 2.30. The van der Waals surface area contributed by atoms with Crippen LogP contribution in [0, 0.1) is 0 Å². The largest absolute Gasteiger partial charge is 0.416 e. The highest BCUT2D eigenvalue weighted by Crippen LogP contribution is 2.31. The zero-order chi connectivity index (χ0) is 22.4. The molecule has 2 N–H and O–H groups in total. The van der Waals surface area contributed by atoms with Gasteiger partial charge >= 0.3 is 6.18 Å². The lowest BCUT2D eigenvalue weighted by Crippen LogP contribution is -2.19. The van der Waals surface area contributed by atoms with Crippen molar-refractivity contribution in [2.45, 2.75) is 12.6 Å². The van der Waals surface area contributed by atoms with Gasteiger partial charge in [-0.2, -0.15) is 18.3 Å². The quantitative estimate of drug-likeness (QED) is 0.408. The zero-order valence-electron chi connectivity index (χ0n) is 16.8. The predicted molar refractivity (Wildman–Crippen MR) is 117 cm³/mol. The number of thiazole rings is 1. The number of hydrogen-bond acceptors (Lipinski definition) is 6. The standard InChI is InChI=1S/C21H20F3N5OS/c1-29(2)18-8-6-14(7-9-18)12-25-28-19(30)11-17-13-31-20(27-17)26-16-5-3-4-15(10-16)21(22,23)24/h3-10,12-13H,11H2,1-2H3,(H,26,27)(H,28,30)/b25-12-. The minimum absolute atomic E-state index is 0.00230. The van der Waals surface area contributed by atoms with Crippen molar-refractivity contribution in [2.24, 2.45) is 5.10 Å². The molecule has 0 radical (unpaired) electrons. The molecule has 0 bridgehead atoms. The Morgan fingerprint density at radius 2 is 1.94 bits per heavy atom. The van der Waals surface area contributed by atoms with E-state index in [0.717, 1.165) is 23.4 Å². The number of amides is 1. The molecule has 0 spiro atoms. The Morgan fingerprint density at radius 1 is 1.19 bits per heavy atom. The molecule has 0 aliphatic rings. The first-order chi connectivity index (χ1) is 14.7.